The molecule has 0 aliphatic carbocycles. The quantitative estimate of drug-likeness (QED) is 0.330. The molecule has 0 fully saturated rings. The van der Waals surface area contributed by atoms with E-state index in [1.165, 1.54) is 29.2 Å². The average molecular weight is 338 g/mol. The van der Waals surface area contributed by atoms with Crippen LogP contribution >= 0.6 is 0 Å². The first kappa shape index (κ1) is 19.8. The van der Waals surface area contributed by atoms with E-state index in [1.807, 2.05) is 0 Å². The van der Waals surface area contributed by atoms with Gasteiger partial charge >= 0.3 is 7.32 Å². The minimum Gasteiger partial charge on any atom is -0.402 e. The standard InChI is InChI=1S/C15H20BFN2O5/c1-3-15(21)19(4-2)10-13(20)18-14(24-16(22)23)9-11-5-7-12(17)8-6-11/h3,5-8,14,22-23H,1,4,9-10H2,2H3,(H,18,20)/t14-/m1/s1. The molecule has 130 valence electrons. The lowest BCUT2D eigenvalue weighted by Crippen LogP contribution is -2.47. The van der Waals surface area contributed by atoms with E-state index in [1.54, 1.807) is 6.92 Å². The summed E-state index contributed by atoms with van der Waals surface area (Å²) in [6.45, 7) is 5.14. The lowest BCUT2D eigenvalue weighted by molar-refractivity contribution is -0.133. The summed E-state index contributed by atoms with van der Waals surface area (Å²) in [7, 11) is -2.09. The minimum absolute atomic E-state index is 0.0885. The number of carbonyl (C=O) groups excluding carboxylic acids is 2. The van der Waals surface area contributed by atoms with E-state index < -0.39 is 31.2 Å². The van der Waals surface area contributed by atoms with Gasteiger partial charge in [-0.3, -0.25) is 9.59 Å². The van der Waals surface area contributed by atoms with Crippen molar-refractivity contribution in [2.24, 2.45) is 0 Å². The second-order valence-corrected chi connectivity index (χ2v) is 4.91. The Morgan fingerprint density at radius 2 is 2.04 bits per heavy atom. The van der Waals surface area contributed by atoms with E-state index in [4.69, 9.17) is 14.7 Å². The molecule has 3 N–H and O–H groups in total. The van der Waals surface area contributed by atoms with Gasteiger partial charge in [0.15, 0.2) is 0 Å². The van der Waals surface area contributed by atoms with Crippen LogP contribution in [-0.4, -0.2) is 53.4 Å². The summed E-state index contributed by atoms with van der Waals surface area (Å²) < 4.78 is 17.7. The van der Waals surface area contributed by atoms with Gasteiger partial charge in [0.25, 0.3) is 0 Å². The monoisotopic (exact) mass is 338 g/mol. The predicted molar refractivity (Wildman–Crippen MR) is 85.8 cm³/mol. The second kappa shape index (κ2) is 9.81. The molecule has 0 spiro atoms. The smallest absolute Gasteiger partial charge is 0.402 e. The average Bonchev–Trinajstić information content (AvgIpc) is 2.53. The summed E-state index contributed by atoms with van der Waals surface area (Å²) in [4.78, 5) is 24.8. The maximum atomic E-state index is 12.9. The highest BCUT2D eigenvalue weighted by molar-refractivity contribution is 6.32. The van der Waals surface area contributed by atoms with Gasteiger partial charge in [0.2, 0.25) is 11.8 Å². The third-order valence-corrected chi connectivity index (χ3v) is 3.14. The Balaban J connectivity index is 2.70. The Hall–Kier alpha value is -2.23. The van der Waals surface area contributed by atoms with Crippen LogP contribution in [0.15, 0.2) is 36.9 Å². The number of benzene rings is 1. The molecule has 0 bridgehead atoms. The molecule has 9 heteroatoms. The van der Waals surface area contributed by atoms with Gasteiger partial charge in [-0.25, -0.2) is 4.39 Å². The van der Waals surface area contributed by atoms with E-state index >= 15 is 0 Å². The van der Waals surface area contributed by atoms with Crippen molar-refractivity contribution in [1.82, 2.24) is 10.2 Å². The van der Waals surface area contributed by atoms with Gasteiger partial charge < -0.3 is 24.9 Å². The van der Waals surface area contributed by atoms with Crippen molar-refractivity contribution in [2.45, 2.75) is 19.6 Å². The van der Waals surface area contributed by atoms with Gasteiger partial charge in [0, 0.05) is 13.0 Å². The largest absolute Gasteiger partial charge is 0.635 e. The molecule has 0 aliphatic heterocycles. The highest BCUT2D eigenvalue weighted by Crippen LogP contribution is 2.07. The Kier molecular flexibility index (Phi) is 8.10. The zero-order valence-corrected chi connectivity index (χ0v) is 13.3. The van der Waals surface area contributed by atoms with E-state index in [0.717, 1.165) is 6.08 Å². The molecule has 1 aromatic carbocycles. The maximum Gasteiger partial charge on any atom is 0.635 e. The first-order valence-corrected chi connectivity index (χ1v) is 7.32. The summed E-state index contributed by atoms with van der Waals surface area (Å²) in [6.07, 6.45) is 0.131. The Morgan fingerprint density at radius 3 is 2.54 bits per heavy atom. The van der Waals surface area contributed by atoms with E-state index in [0.29, 0.717) is 12.1 Å². The molecule has 0 saturated carbocycles. The molecule has 2 amide bonds. The van der Waals surface area contributed by atoms with Gasteiger partial charge in [-0.2, -0.15) is 0 Å². The van der Waals surface area contributed by atoms with Crippen molar-refractivity contribution in [2.75, 3.05) is 13.1 Å². The second-order valence-electron chi connectivity index (χ2n) is 4.91. The summed E-state index contributed by atoms with van der Waals surface area (Å²) in [5.41, 5.74) is 0.622. The fourth-order valence-electron chi connectivity index (χ4n) is 1.99. The van der Waals surface area contributed by atoms with Crippen molar-refractivity contribution < 1.29 is 28.7 Å². The van der Waals surface area contributed by atoms with Crippen LogP contribution in [0.2, 0.25) is 0 Å². The van der Waals surface area contributed by atoms with Crippen molar-refractivity contribution >= 4 is 19.1 Å². The summed E-state index contributed by atoms with van der Waals surface area (Å²) in [6, 6.07) is 5.46. The van der Waals surface area contributed by atoms with Gasteiger partial charge in [-0.1, -0.05) is 18.7 Å². The highest BCUT2D eigenvalue weighted by atomic mass is 19.1. The zero-order chi connectivity index (χ0) is 18.1. The molecular weight excluding hydrogens is 318 g/mol. The predicted octanol–water partition coefficient (Wildman–Crippen LogP) is -0.169. The third-order valence-electron chi connectivity index (χ3n) is 3.14. The zero-order valence-electron chi connectivity index (χ0n) is 13.3. The highest BCUT2D eigenvalue weighted by Gasteiger charge is 2.22. The first-order valence-electron chi connectivity index (χ1n) is 7.32. The Bertz CT molecular complexity index is 567. The number of rotatable bonds is 9. The van der Waals surface area contributed by atoms with Gasteiger partial charge in [-0.15, -0.1) is 0 Å². The molecule has 0 aromatic heterocycles. The maximum absolute atomic E-state index is 12.9. The third kappa shape index (κ3) is 6.90. The summed E-state index contributed by atoms with van der Waals surface area (Å²) >= 11 is 0. The molecule has 0 aliphatic rings. The van der Waals surface area contributed by atoms with Gasteiger partial charge in [0.1, 0.15) is 12.0 Å². The van der Waals surface area contributed by atoms with E-state index in [-0.39, 0.29) is 13.0 Å². The number of nitrogens with zero attached hydrogens (tertiary/aromatic N) is 1. The minimum atomic E-state index is -2.09. The van der Waals surface area contributed by atoms with Crippen LogP contribution in [0.1, 0.15) is 12.5 Å². The molecule has 0 unspecified atom stereocenters. The number of likely N-dealkylation sites (N-methyl/N-ethyl adjacent to an activating group) is 1. The topological polar surface area (TPSA) is 99.1 Å². The van der Waals surface area contributed by atoms with Gasteiger partial charge in [0.05, 0.1) is 6.54 Å². The molecule has 1 rings (SSSR count). The Morgan fingerprint density at radius 1 is 1.42 bits per heavy atom. The van der Waals surface area contributed by atoms with Crippen LogP contribution in [0, 0.1) is 5.82 Å². The molecule has 1 aromatic rings. The molecule has 1 atom stereocenters. The molecule has 0 saturated heterocycles. The number of halogens is 1. The van der Waals surface area contributed by atoms with Gasteiger partial charge in [-0.05, 0) is 30.7 Å². The molecular formula is C15H20BFN2O5. The lowest BCUT2D eigenvalue weighted by Gasteiger charge is -2.23. The van der Waals surface area contributed by atoms with Crippen LogP contribution in [0.5, 0.6) is 0 Å². The number of hydrogen-bond donors (Lipinski definition) is 3. The number of hydrogen-bond acceptors (Lipinski definition) is 5. The van der Waals surface area contributed by atoms with Crippen LogP contribution in [0.3, 0.4) is 0 Å². The van der Waals surface area contributed by atoms with Crippen molar-refractivity contribution in [3.63, 3.8) is 0 Å². The van der Waals surface area contributed by atoms with E-state index in [9.17, 15) is 14.0 Å². The van der Waals surface area contributed by atoms with Crippen LogP contribution in [0.4, 0.5) is 4.39 Å². The number of nitrogens with one attached hydrogen (secondary N) is 1. The fraction of sp³-hybridized carbons (Fsp3) is 0.333. The number of amides is 2. The van der Waals surface area contributed by atoms with Crippen molar-refractivity contribution in [1.29, 1.82) is 0 Å². The number of carbonyl (C=O) groups is 2. The summed E-state index contributed by atoms with van der Waals surface area (Å²) in [5.74, 6) is -1.35. The van der Waals surface area contributed by atoms with Crippen molar-refractivity contribution in [3.8, 4) is 0 Å². The first-order chi connectivity index (χ1) is 11.3. The van der Waals surface area contributed by atoms with Crippen LogP contribution in [0.25, 0.3) is 0 Å². The van der Waals surface area contributed by atoms with E-state index in [2.05, 4.69) is 11.9 Å². The molecule has 24 heavy (non-hydrogen) atoms. The van der Waals surface area contributed by atoms with Crippen LogP contribution in [-0.2, 0) is 20.7 Å². The van der Waals surface area contributed by atoms with Crippen molar-refractivity contribution in [3.05, 3.63) is 48.3 Å². The van der Waals surface area contributed by atoms with Crippen LogP contribution < -0.4 is 5.32 Å². The lowest BCUT2D eigenvalue weighted by atomic mass is 10.1. The Labute approximate surface area is 139 Å². The molecule has 0 radical (unpaired) electrons. The molecule has 7 nitrogen and oxygen atoms in total. The summed E-state index contributed by atoms with van der Waals surface area (Å²) in [5, 5.41) is 20.4. The fourth-order valence-corrected chi connectivity index (χ4v) is 1.99. The molecule has 0 heterocycles. The SMILES string of the molecule is C=CC(=O)N(CC)CC(=O)N[C@@H](Cc1ccc(F)cc1)OB(O)O. The normalized spacial score (nSPS) is 11.5.